The van der Waals surface area contributed by atoms with Crippen molar-refractivity contribution in [2.45, 2.75) is 0 Å². The SMILES string of the molecule is O=Cc1cc2cc(F)c(F)c(F)c2nc1Cl. The molecule has 1 aromatic carbocycles. The van der Waals surface area contributed by atoms with Crippen molar-refractivity contribution in [3.63, 3.8) is 0 Å². The smallest absolute Gasteiger partial charge is 0.196 e. The molecule has 0 unspecified atom stereocenters. The van der Waals surface area contributed by atoms with Crippen LogP contribution in [0, 0.1) is 17.5 Å². The summed E-state index contributed by atoms with van der Waals surface area (Å²) in [7, 11) is 0. The molecule has 0 atom stereocenters. The molecule has 2 nitrogen and oxygen atoms in total. The molecule has 2 aromatic rings. The van der Waals surface area contributed by atoms with Crippen molar-refractivity contribution in [2.75, 3.05) is 0 Å². The maximum absolute atomic E-state index is 13.3. The van der Waals surface area contributed by atoms with E-state index >= 15 is 0 Å². The molecular formula is C10H3ClF3NO. The number of rotatable bonds is 1. The number of benzene rings is 1. The Morgan fingerprint density at radius 2 is 1.88 bits per heavy atom. The van der Waals surface area contributed by atoms with Gasteiger partial charge in [0.1, 0.15) is 10.7 Å². The minimum absolute atomic E-state index is 0.0143. The molecule has 16 heavy (non-hydrogen) atoms. The summed E-state index contributed by atoms with van der Waals surface area (Å²) >= 11 is 5.54. The molecule has 6 heteroatoms. The highest BCUT2D eigenvalue weighted by atomic mass is 35.5. The van der Waals surface area contributed by atoms with E-state index in [1.54, 1.807) is 0 Å². The molecule has 0 radical (unpaired) electrons. The van der Waals surface area contributed by atoms with Crippen LogP contribution >= 0.6 is 11.6 Å². The molecular weight excluding hydrogens is 243 g/mol. The molecule has 0 N–H and O–H groups in total. The first-order chi connectivity index (χ1) is 7.54. The van der Waals surface area contributed by atoms with Gasteiger partial charge in [-0.15, -0.1) is 0 Å². The minimum atomic E-state index is -1.62. The third-order valence-corrected chi connectivity index (χ3v) is 2.35. The zero-order chi connectivity index (χ0) is 11.9. The van der Waals surface area contributed by atoms with Crippen molar-refractivity contribution in [2.24, 2.45) is 0 Å². The van der Waals surface area contributed by atoms with Gasteiger partial charge in [-0.2, -0.15) is 0 Å². The average molecular weight is 246 g/mol. The minimum Gasteiger partial charge on any atom is -0.298 e. The number of carbonyl (C=O) groups excluding carboxylic acids is 1. The topological polar surface area (TPSA) is 30.0 Å². The largest absolute Gasteiger partial charge is 0.298 e. The van der Waals surface area contributed by atoms with Gasteiger partial charge >= 0.3 is 0 Å². The van der Waals surface area contributed by atoms with E-state index in [1.165, 1.54) is 0 Å². The van der Waals surface area contributed by atoms with E-state index < -0.39 is 23.0 Å². The summed E-state index contributed by atoms with van der Waals surface area (Å²) in [4.78, 5) is 14.0. The van der Waals surface area contributed by atoms with Crippen LogP contribution in [0.3, 0.4) is 0 Å². The number of aromatic nitrogens is 1. The zero-order valence-corrected chi connectivity index (χ0v) is 8.36. The van der Waals surface area contributed by atoms with E-state index in [1.807, 2.05) is 0 Å². The average Bonchev–Trinajstić information content (AvgIpc) is 2.27. The van der Waals surface area contributed by atoms with Crippen molar-refractivity contribution in [3.05, 3.63) is 40.3 Å². The van der Waals surface area contributed by atoms with Gasteiger partial charge in [-0.3, -0.25) is 4.79 Å². The lowest BCUT2D eigenvalue weighted by molar-refractivity contribution is 0.112. The van der Waals surface area contributed by atoms with Crippen molar-refractivity contribution in [3.8, 4) is 0 Å². The Labute approximate surface area is 92.7 Å². The highest BCUT2D eigenvalue weighted by molar-refractivity contribution is 6.32. The fraction of sp³-hybridized carbons (Fsp3) is 0. The van der Waals surface area contributed by atoms with Crippen molar-refractivity contribution in [1.82, 2.24) is 4.98 Å². The zero-order valence-electron chi connectivity index (χ0n) is 7.60. The van der Waals surface area contributed by atoms with Gasteiger partial charge in [0, 0.05) is 5.39 Å². The van der Waals surface area contributed by atoms with E-state index in [0.29, 0.717) is 6.29 Å². The van der Waals surface area contributed by atoms with Gasteiger partial charge in [0.05, 0.1) is 5.56 Å². The molecule has 1 aromatic heterocycles. The predicted molar refractivity (Wildman–Crippen MR) is 52.0 cm³/mol. The Balaban J connectivity index is 2.91. The first-order valence-corrected chi connectivity index (χ1v) is 4.51. The summed E-state index contributed by atoms with van der Waals surface area (Å²) in [5, 5.41) is -0.282. The third-order valence-electron chi connectivity index (χ3n) is 2.05. The number of halogens is 4. The molecule has 0 aliphatic carbocycles. The Kier molecular flexibility index (Phi) is 2.55. The number of hydrogen-bond acceptors (Lipinski definition) is 2. The Morgan fingerprint density at radius 1 is 1.19 bits per heavy atom. The molecule has 1 heterocycles. The van der Waals surface area contributed by atoms with Crippen molar-refractivity contribution in [1.29, 1.82) is 0 Å². The molecule has 2 rings (SSSR count). The van der Waals surface area contributed by atoms with E-state index in [4.69, 9.17) is 11.6 Å². The monoisotopic (exact) mass is 245 g/mol. The second kappa shape index (κ2) is 3.75. The number of nitrogens with zero attached hydrogens (tertiary/aromatic N) is 1. The van der Waals surface area contributed by atoms with Crippen LogP contribution in [0.2, 0.25) is 5.15 Å². The quantitative estimate of drug-likeness (QED) is 0.439. The maximum Gasteiger partial charge on any atom is 0.196 e. The normalized spacial score (nSPS) is 10.8. The first-order valence-electron chi connectivity index (χ1n) is 4.13. The summed E-state index contributed by atoms with van der Waals surface area (Å²) in [6.45, 7) is 0. The van der Waals surface area contributed by atoms with Crippen LogP contribution in [-0.4, -0.2) is 11.3 Å². The summed E-state index contributed by atoms with van der Waals surface area (Å²) in [5.74, 6) is -4.38. The third kappa shape index (κ3) is 1.53. The summed E-state index contributed by atoms with van der Waals surface area (Å²) < 4.78 is 39.0. The Morgan fingerprint density at radius 3 is 2.50 bits per heavy atom. The maximum atomic E-state index is 13.3. The molecule has 0 spiro atoms. The lowest BCUT2D eigenvalue weighted by Gasteiger charge is -2.03. The van der Waals surface area contributed by atoms with Crippen LogP contribution in [0.5, 0.6) is 0 Å². The van der Waals surface area contributed by atoms with Crippen LogP contribution in [0.25, 0.3) is 10.9 Å². The molecule has 82 valence electrons. The number of carbonyl (C=O) groups is 1. The number of pyridine rings is 1. The number of hydrogen-bond donors (Lipinski definition) is 0. The van der Waals surface area contributed by atoms with Crippen LogP contribution in [0.15, 0.2) is 12.1 Å². The summed E-state index contributed by atoms with van der Waals surface area (Å²) in [5.41, 5.74) is -0.422. The summed E-state index contributed by atoms with van der Waals surface area (Å²) in [6.07, 6.45) is 0.397. The van der Waals surface area contributed by atoms with Crippen LogP contribution in [0.4, 0.5) is 13.2 Å². The second-order valence-corrected chi connectivity index (χ2v) is 3.40. The standard InChI is InChI=1S/C10H3ClF3NO/c11-10-5(3-16)1-4-2-6(12)7(13)8(14)9(4)15-10/h1-3H. The van der Waals surface area contributed by atoms with Gasteiger partial charge in [-0.1, -0.05) is 11.6 Å². The predicted octanol–water partition coefficient (Wildman–Crippen LogP) is 3.12. The first kappa shape index (κ1) is 10.9. The molecule has 0 saturated heterocycles. The van der Waals surface area contributed by atoms with Gasteiger partial charge in [-0.25, -0.2) is 18.2 Å². The van der Waals surface area contributed by atoms with Crippen molar-refractivity contribution >= 4 is 28.8 Å². The van der Waals surface area contributed by atoms with Crippen LogP contribution < -0.4 is 0 Å². The van der Waals surface area contributed by atoms with E-state index in [-0.39, 0.29) is 16.1 Å². The number of aldehydes is 1. The van der Waals surface area contributed by atoms with Crippen LogP contribution in [0.1, 0.15) is 10.4 Å². The Hall–Kier alpha value is -1.62. The highest BCUT2D eigenvalue weighted by Gasteiger charge is 2.16. The molecule has 0 bridgehead atoms. The molecule has 0 fully saturated rings. The van der Waals surface area contributed by atoms with Gasteiger partial charge in [-0.05, 0) is 12.1 Å². The fourth-order valence-electron chi connectivity index (χ4n) is 1.30. The molecule has 0 aliphatic rings. The fourth-order valence-corrected chi connectivity index (χ4v) is 1.48. The van der Waals surface area contributed by atoms with Crippen LogP contribution in [-0.2, 0) is 0 Å². The molecule has 0 saturated carbocycles. The van der Waals surface area contributed by atoms with Gasteiger partial charge in [0.2, 0.25) is 0 Å². The van der Waals surface area contributed by atoms with Gasteiger partial charge < -0.3 is 0 Å². The lowest BCUT2D eigenvalue weighted by atomic mass is 10.1. The number of fused-ring (bicyclic) bond motifs is 1. The van der Waals surface area contributed by atoms with Crippen molar-refractivity contribution < 1.29 is 18.0 Å². The second-order valence-electron chi connectivity index (χ2n) is 3.04. The molecule has 0 aliphatic heterocycles. The Bertz CT molecular complexity index is 600. The van der Waals surface area contributed by atoms with E-state index in [0.717, 1.165) is 12.1 Å². The highest BCUT2D eigenvalue weighted by Crippen LogP contribution is 2.24. The van der Waals surface area contributed by atoms with E-state index in [2.05, 4.69) is 4.98 Å². The summed E-state index contributed by atoms with van der Waals surface area (Å²) in [6, 6.07) is 1.90. The van der Waals surface area contributed by atoms with E-state index in [9.17, 15) is 18.0 Å². The lowest BCUT2D eigenvalue weighted by Crippen LogP contribution is -1.96. The van der Waals surface area contributed by atoms with Gasteiger partial charge in [0.15, 0.2) is 23.7 Å². The van der Waals surface area contributed by atoms with Gasteiger partial charge in [0.25, 0.3) is 0 Å². The molecule has 0 amide bonds.